The number of rotatable bonds is 0. The summed E-state index contributed by atoms with van der Waals surface area (Å²) in [6.07, 6.45) is 0. The van der Waals surface area contributed by atoms with Crippen molar-refractivity contribution in [1.29, 1.82) is 0 Å². The number of aromatic amines is 4. The van der Waals surface area contributed by atoms with Crippen LogP contribution in [0.4, 0.5) is 0 Å². The van der Waals surface area contributed by atoms with Crippen molar-refractivity contribution in [3.05, 3.63) is 31.3 Å². The Labute approximate surface area is 64.9 Å². The van der Waals surface area contributed by atoms with Crippen LogP contribution < -0.4 is 16.9 Å². The number of aromatic nitrogens is 4. The van der Waals surface area contributed by atoms with Crippen LogP contribution in [0.15, 0.2) is 14.4 Å². The second-order valence-corrected chi connectivity index (χ2v) is 2.18. The van der Waals surface area contributed by atoms with Crippen LogP contribution >= 0.6 is 0 Å². The summed E-state index contributed by atoms with van der Waals surface area (Å²) in [7, 11) is 0. The normalized spacial score (nSPS) is 11.8. The van der Waals surface area contributed by atoms with Crippen LogP contribution in [-0.2, 0) is 0 Å². The highest BCUT2D eigenvalue weighted by Crippen LogP contribution is 1.88. The van der Waals surface area contributed by atoms with Crippen molar-refractivity contribution in [1.82, 2.24) is 19.9 Å². The molecule has 0 saturated carbocycles. The summed E-state index contributed by atoms with van der Waals surface area (Å²) in [4.78, 5) is 39.3. The van der Waals surface area contributed by atoms with Crippen LogP contribution in [-0.4, -0.2) is 19.9 Å². The third-order valence-corrected chi connectivity index (χ3v) is 1.38. The minimum absolute atomic E-state index is 0.00324. The lowest BCUT2D eigenvalue weighted by atomic mass is 10.5. The molecule has 2 aromatic heterocycles. The van der Waals surface area contributed by atoms with Crippen molar-refractivity contribution in [2.45, 2.75) is 0 Å². The van der Waals surface area contributed by atoms with E-state index in [0.717, 1.165) is 0 Å². The summed E-state index contributed by atoms with van der Waals surface area (Å²) in [6.45, 7) is 0. The molecule has 4 N–H and O–H groups in total. The molecule has 0 saturated heterocycles. The molecule has 0 aromatic carbocycles. The van der Waals surface area contributed by atoms with Gasteiger partial charge in [-0.1, -0.05) is 0 Å². The van der Waals surface area contributed by atoms with E-state index >= 15 is 0 Å². The Bertz CT molecular complexity index is 629. The van der Waals surface area contributed by atoms with Gasteiger partial charge >= 0.3 is 11.4 Å². The van der Waals surface area contributed by atoms with E-state index in [2.05, 4.69) is 15.0 Å². The van der Waals surface area contributed by atoms with Crippen LogP contribution in [0, 0.1) is 0 Å². The van der Waals surface area contributed by atoms with Crippen molar-refractivity contribution in [2.75, 3.05) is 0 Å². The molecule has 2 heterocycles. The van der Waals surface area contributed by atoms with Gasteiger partial charge in [-0.3, -0.25) is 24.7 Å². The standard InChI is InChI=1S/C5H4N4O3/c10-3-1-2(7-4(11)6-1)8-5(12)9-3/h(H4,6,7,8,9,10,11,12)/i/hD. The van der Waals surface area contributed by atoms with Gasteiger partial charge in [-0.15, -0.1) is 0 Å². The fourth-order valence-corrected chi connectivity index (χ4v) is 0.920. The summed E-state index contributed by atoms with van der Waals surface area (Å²) < 4.78 is 6.96. The SMILES string of the molecule is [2H]n1c(=O)[nH]c2[nH]c(=O)[nH]c2c1=O. The van der Waals surface area contributed by atoms with Gasteiger partial charge in [0.25, 0.3) is 5.56 Å². The zero-order valence-electron chi connectivity index (χ0n) is 6.67. The lowest BCUT2D eigenvalue weighted by molar-refractivity contribution is 1.07. The molecule has 0 spiro atoms. The van der Waals surface area contributed by atoms with E-state index < -0.39 is 16.9 Å². The molecule has 2 rings (SSSR count). The molecule has 0 atom stereocenters. The monoisotopic (exact) mass is 169 g/mol. The largest absolute Gasteiger partial charge is 0.327 e. The average Bonchev–Trinajstić information content (AvgIpc) is 2.42. The molecular formula is C5H4N4O3. The Kier molecular flexibility index (Phi) is 0.916. The van der Waals surface area contributed by atoms with Gasteiger partial charge in [0.2, 0.25) is 0 Å². The van der Waals surface area contributed by atoms with Gasteiger partial charge in [0, 0.05) is 0 Å². The number of hydrogen-bond donors (Lipinski definition) is 4. The summed E-state index contributed by atoms with van der Waals surface area (Å²) >= 11 is 0. The third kappa shape index (κ3) is 0.797. The predicted octanol–water partition coefficient (Wildman–Crippen LogP) is -1.77. The Hall–Kier alpha value is -2.05. The molecule has 12 heavy (non-hydrogen) atoms. The first kappa shape index (κ1) is 5.58. The Balaban J connectivity index is 3.19. The van der Waals surface area contributed by atoms with Crippen LogP contribution in [0.2, 0.25) is 1.41 Å². The molecule has 62 valence electrons. The van der Waals surface area contributed by atoms with Gasteiger partial charge in [0.05, 0.1) is 0 Å². The van der Waals surface area contributed by atoms with Crippen LogP contribution in [0.3, 0.4) is 0 Å². The second kappa shape index (κ2) is 1.97. The van der Waals surface area contributed by atoms with Crippen molar-refractivity contribution in [3.8, 4) is 0 Å². The van der Waals surface area contributed by atoms with Gasteiger partial charge in [-0.2, -0.15) is 0 Å². The lowest BCUT2D eigenvalue weighted by Crippen LogP contribution is -2.21. The number of imidazole rings is 1. The van der Waals surface area contributed by atoms with Gasteiger partial charge in [0.1, 0.15) is 11.2 Å². The maximum atomic E-state index is 11.1. The van der Waals surface area contributed by atoms with Crippen molar-refractivity contribution >= 4 is 11.2 Å². The molecule has 0 radical (unpaired) electrons. The molecule has 0 fully saturated rings. The molecular weight excluding hydrogens is 164 g/mol. The maximum absolute atomic E-state index is 11.1. The van der Waals surface area contributed by atoms with Crippen LogP contribution in [0.5, 0.6) is 0 Å². The van der Waals surface area contributed by atoms with E-state index in [0.29, 0.717) is 0 Å². The fraction of sp³-hybridized carbons (Fsp3) is 0. The molecule has 7 nitrogen and oxygen atoms in total. The van der Waals surface area contributed by atoms with Crippen molar-refractivity contribution < 1.29 is 1.41 Å². The number of H-pyrrole nitrogens is 4. The highest BCUT2D eigenvalue weighted by atomic mass is 16.2. The van der Waals surface area contributed by atoms with E-state index in [4.69, 9.17) is 1.41 Å². The second-order valence-electron chi connectivity index (χ2n) is 2.18. The van der Waals surface area contributed by atoms with Gasteiger partial charge in [0.15, 0.2) is 1.41 Å². The Morgan fingerprint density at radius 3 is 2.42 bits per heavy atom. The molecule has 0 unspecified atom stereocenters. The third-order valence-electron chi connectivity index (χ3n) is 1.38. The van der Waals surface area contributed by atoms with Crippen molar-refractivity contribution in [3.63, 3.8) is 0 Å². The van der Waals surface area contributed by atoms with Gasteiger partial charge in [-0.05, 0) is 0 Å². The fourth-order valence-electron chi connectivity index (χ4n) is 0.920. The predicted molar refractivity (Wildman–Crippen MR) is 40.2 cm³/mol. The first-order valence-electron chi connectivity index (χ1n) is 3.51. The quantitative estimate of drug-likeness (QED) is 0.374. The minimum atomic E-state index is -0.896. The summed E-state index contributed by atoms with van der Waals surface area (Å²) in [5.74, 6) is 0. The maximum Gasteiger partial charge on any atom is 0.327 e. The first-order valence-corrected chi connectivity index (χ1v) is 3.06. The summed E-state index contributed by atoms with van der Waals surface area (Å²) in [5.41, 5.74) is -2.47. The van der Waals surface area contributed by atoms with E-state index in [1.165, 1.54) is 0 Å². The van der Waals surface area contributed by atoms with E-state index in [-0.39, 0.29) is 16.1 Å². The molecule has 0 aliphatic carbocycles. The number of hydrogen-bond acceptors (Lipinski definition) is 3. The van der Waals surface area contributed by atoms with Gasteiger partial charge in [-0.25, -0.2) is 9.59 Å². The van der Waals surface area contributed by atoms with Gasteiger partial charge < -0.3 is 0 Å². The average molecular weight is 169 g/mol. The van der Waals surface area contributed by atoms with Crippen LogP contribution in [0.25, 0.3) is 11.2 Å². The molecule has 0 bridgehead atoms. The first-order chi connectivity index (χ1) is 6.09. The molecule has 0 aliphatic heterocycles. The smallest absolute Gasteiger partial charge is 0.300 e. The highest BCUT2D eigenvalue weighted by Gasteiger charge is 2.02. The topological polar surface area (TPSA) is 114 Å². The molecule has 0 amide bonds. The zero-order valence-corrected chi connectivity index (χ0v) is 5.67. The number of fused-ring (bicyclic) bond motifs is 1. The highest BCUT2D eigenvalue weighted by molar-refractivity contribution is 5.67. The molecule has 2 aromatic rings. The minimum Gasteiger partial charge on any atom is -0.300 e. The van der Waals surface area contributed by atoms with E-state index in [1.807, 2.05) is 0 Å². The van der Waals surface area contributed by atoms with E-state index in [1.54, 1.807) is 0 Å². The summed E-state index contributed by atoms with van der Waals surface area (Å²) in [5, 5.41) is 0. The molecule has 0 aliphatic rings. The number of nitrogens with one attached hydrogen (secondary N) is 4. The zero-order chi connectivity index (χ0) is 9.59. The van der Waals surface area contributed by atoms with Crippen LogP contribution in [0.1, 0.15) is 0 Å². The van der Waals surface area contributed by atoms with E-state index in [9.17, 15) is 14.4 Å². The lowest BCUT2D eigenvalue weighted by Gasteiger charge is -1.83. The summed E-state index contributed by atoms with van der Waals surface area (Å²) in [6, 6.07) is 0. The Morgan fingerprint density at radius 1 is 1.00 bits per heavy atom. The molecule has 7 heteroatoms. The Morgan fingerprint density at radius 2 is 1.67 bits per heavy atom. The van der Waals surface area contributed by atoms with Crippen molar-refractivity contribution in [2.24, 2.45) is 0 Å².